The van der Waals surface area contributed by atoms with Crippen LogP contribution >= 0.6 is 0 Å². The third-order valence-corrected chi connectivity index (χ3v) is 2.81. The molecule has 0 unspecified atom stereocenters. The largest absolute Gasteiger partial charge is 0.397 e. The van der Waals surface area contributed by atoms with Gasteiger partial charge in [0.1, 0.15) is 5.82 Å². The standard InChI is InChI=1S/C12H17N5/c1-16-6-5-15-12(16)8-17(2)9-3-4-10(13)11(14)7-9/h3-7H,8,13-14H2,1-2H3. The van der Waals surface area contributed by atoms with E-state index in [-0.39, 0.29) is 0 Å². The van der Waals surface area contributed by atoms with Crippen LogP contribution in [0.3, 0.4) is 0 Å². The Morgan fingerprint density at radius 1 is 1.29 bits per heavy atom. The lowest BCUT2D eigenvalue weighted by Crippen LogP contribution is -2.19. The van der Waals surface area contributed by atoms with E-state index in [1.807, 2.05) is 43.1 Å². The van der Waals surface area contributed by atoms with E-state index < -0.39 is 0 Å². The second-order valence-corrected chi connectivity index (χ2v) is 4.12. The molecule has 2 aromatic rings. The quantitative estimate of drug-likeness (QED) is 0.779. The van der Waals surface area contributed by atoms with Crippen LogP contribution in [0.25, 0.3) is 0 Å². The smallest absolute Gasteiger partial charge is 0.127 e. The van der Waals surface area contributed by atoms with E-state index in [2.05, 4.69) is 9.88 Å². The van der Waals surface area contributed by atoms with E-state index in [4.69, 9.17) is 11.5 Å². The van der Waals surface area contributed by atoms with Gasteiger partial charge >= 0.3 is 0 Å². The van der Waals surface area contributed by atoms with Crippen LogP contribution in [0.1, 0.15) is 5.82 Å². The number of nitrogens with zero attached hydrogens (tertiary/aromatic N) is 3. The molecule has 90 valence electrons. The molecule has 0 saturated carbocycles. The minimum atomic E-state index is 0.606. The van der Waals surface area contributed by atoms with Crippen LogP contribution in [0, 0.1) is 0 Å². The van der Waals surface area contributed by atoms with Gasteiger partial charge in [-0.2, -0.15) is 0 Å². The Hall–Kier alpha value is -2.17. The van der Waals surface area contributed by atoms with Crippen molar-refractivity contribution in [2.75, 3.05) is 23.4 Å². The predicted octanol–water partition coefficient (Wildman–Crippen LogP) is 1.22. The number of rotatable bonds is 3. The Morgan fingerprint density at radius 2 is 2.06 bits per heavy atom. The van der Waals surface area contributed by atoms with E-state index >= 15 is 0 Å². The molecule has 0 fully saturated rings. The van der Waals surface area contributed by atoms with Crippen molar-refractivity contribution in [2.24, 2.45) is 7.05 Å². The summed E-state index contributed by atoms with van der Waals surface area (Å²) in [5.41, 5.74) is 13.7. The van der Waals surface area contributed by atoms with Crippen molar-refractivity contribution in [2.45, 2.75) is 6.54 Å². The number of aryl methyl sites for hydroxylation is 1. The first-order valence-corrected chi connectivity index (χ1v) is 5.40. The van der Waals surface area contributed by atoms with Gasteiger partial charge in [-0.1, -0.05) is 0 Å². The average molecular weight is 231 g/mol. The van der Waals surface area contributed by atoms with E-state index in [1.165, 1.54) is 0 Å². The van der Waals surface area contributed by atoms with E-state index in [9.17, 15) is 0 Å². The number of benzene rings is 1. The number of hydrogen-bond donors (Lipinski definition) is 2. The third-order valence-electron chi connectivity index (χ3n) is 2.81. The first-order chi connectivity index (χ1) is 8.08. The van der Waals surface area contributed by atoms with Gasteiger partial charge in [0.2, 0.25) is 0 Å². The Balaban J connectivity index is 2.17. The zero-order valence-corrected chi connectivity index (χ0v) is 10.1. The molecule has 0 aliphatic heterocycles. The highest BCUT2D eigenvalue weighted by molar-refractivity contribution is 5.69. The van der Waals surface area contributed by atoms with Crippen molar-refractivity contribution in [3.63, 3.8) is 0 Å². The molecule has 0 aliphatic rings. The molecule has 17 heavy (non-hydrogen) atoms. The molecule has 1 aromatic heterocycles. The second kappa shape index (κ2) is 4.37. The van der Waals surface area contributed by atoms with Crippen LogP contribution in [0.15, 0.2) is 30.6 Å². The molecule has 0 spiro atoms. The molecule has 0 radical (unpaired) electrons. The first-order valence-electron chi connectivity index (χ1n) is 5.40. The summed E-state index contributed by atoms with van der Waals surface area (Å²) in [5, 5.41) is 0. The fraction of sp³-hybridized carbons (Fsp3) is 0.250. The molecule has 1 heterocycles. The number of aromatic nitrogens is 2. The highest BCUT2D eigenvalue weighted by Crippen LogP contribution is 2.22. The van der Waals surface area contributed by atoms with E-state index in [1.54, 1.807) is 6.20 Å². The lowest BCUT2D eigenvalue weighted by Gasteiger charge is -2.19. The van der Waals surface area contributed by atoms with Crippen molar-refractivity contribution in [1.29, 1.82) is 0 Å². The summed E-state index contributed by atoms with van der Waals surface area (Å²) in [5.74, 6) is 1.00. The van der Waals surface area contributed by atoms with Crippen LogP contribution < -0.4 is 16.4 Å². The van der Waals surface area contributed by atoms with Crippen molar-refractivity contribution in [3.8, 4) is 0 Å². The topological polar surface area (TPSA) is 73.1 Å². The van der Waals surface area contributed by atoms with Crippen LogP contribution in [-0.4, -0.2) is 16.6 Å². The number of anilines is 3. The molecular formula is C12H17N5. The molecule has 0 atom stereocenters. The molecule has 5 nitrogen and oxygen atoms in total. The van der Waals surface area contributed by atoms with Crippen molar-refractivity contribution in [3.05, 3.63) is 36.4 Å². The van der Waals surface area contributed by atoms with Crippen molar-refractivity contribution >= 4 is 17.1 Å². The molecule has 5 heteroatoms. The predicted molar refractivity (Wildman–Crippen MR) is 70.6 cm³/mol. The Kier molecular flexibility index (Phi) is 2.91. The van der Waals surface area contributed by atoms with Crippen LogP contribution in [0.5, 0.6) is 0 Å². The Bertz CT molecular complexity index is 517. The molecule has 0 aliphatic carbocycles. The molecule has 4 N–H and O–H groups in total. The van der Waals surface area contributed by atoms with Crippen molar-refractivity contribution in [1.82, 2.24) is 9.55 Å². The molecule has 0 bridgehead atoms. The zero-order chi connectivity index (χ0) is 12.4. The Morgan fingerprint density at radius 3 is 2.65 bits per heavy atom. The first kappa shape index (κ1) is 11.3. The monoisotopic (exact) mass is 231 g/mol. The summed E-state index contributed by atoms with van der Waals surface area (Å²) < 4.78 is 2.00. The van der Waals surface area contributed by atoms with Gasteiger partial charge in [0.15, 0.2) is 0 Å². The maximum absolute atomic E-state index is 5.79. The molecule has 1 aromatic carbocycles. The normalized spacial score (nSPS) is 10.5. The minimum absolute atomic E-state index is 0.606. The summed E-state index contributed by atoms with van der Waals surface area (Å²) in [6, 6.07) is 5.65. The molecule has 0 amide bonds. The lowest BCUT2D eigenvalue weighted by molar-refractivity contribution is 0.762. The fourth-order valence-corrected chi connectivity index (χ4v) is 1.65. The molecular weight excluding hydrogens is 214 g/mol. The zero-order valence-electron chi connectivity index (χ0n) is 10.1. The van der Waals surface area contributed by atoms with Gasteiger partial charge in [0, 0.05) is 32.2 Å². The number of imidazole rings is 1. The van der Waals surface area contributed by atoms with Gasteiger partial charge < -0.3 is 20.9 Å². The van der Waals surface area contributed by atoms with Crippen LogP contribution in [0.2, 0.25) is 0 Å². The summed E-state index contributed by atoms with van der Waals surface area (Å²) >= 11 is 0. The summed E-state index contributed by atoms with van der Waals surface area (Å²) in [7, 11) is 3.98. The maximum atomic E-state index is 5.79. The highest BCUT2D eigenvalue weighted by Gasteiger charge is 2.06. The van der Waals surface area contributed by atoms with Gasteiger partial charge in [0.05, 0.1) is 17.9 Å². The summed E-state index contributed by atoms with van der Waals surface area (Å²) in [6.07, 6.45) is 3.72. The van der Waals surface area contributed by atoms with Crippen LogP contribution in [-0.2, 0) is 13.6 Å². The molecule has 2 rings (SSSR count). The lowest BCUT2D eigenvalue weighted by atomic mass is 10.2. The highest BCUT2D eigenvalue weighted by atomic mass is 15.2. The van der Waals surface area contributed by atoms with Gasteiger partial charge in [-0.25, -0.2) is 4.98 Å². The van der Waals surface area contributed by atoms with Crippen molar-refractivity contribution < 1.29 is 0 Å². The van der Waals surface area contributed by atoms with E-state index in [0.29, 0.717) is 11.4 Å². The van der Waals surface area contributed by atoms with Crippen LogP contribution in [0.4, 0.5) is 17.1 Å². The maximum Gasteiger partial charge on any atom is 0.127 e. The number of hydrogen-bond acceptors (Lipinski definition) is 4. The number of nitrogens with two attached hydrogens (primary N) is 2. The fourth-order valence-electron chi connectivity index (χ4n) is 1.65. The second-order valence-electron chi connectivity index (χ2n) is 4.12. The Labute approximate surface area is 101 Å². The molecule has 0 saturated heterocycles. The van der Waals surface area contributed by atoms with Gasteiger partial charge in [-0.15, -0.1) is 0 Å². The van der Waals surface area contributed by atoms with Gasteiger partial charge in [-0.05, 0) is 18.2 Å². The average Bonchev–Trinajstić information content (AvgIpc) is 2.68. The van der Waals surface area contributed by atoms with Gasteiger partial charge in [0.25, 0.3) is 0 Å². The SMILES string of the molecule is CN(Cc1nccn1C)c1ccc(N)c(N)c1. The van der Waals surface area contributed by atoms with E-state index in [0.717, 1.165) is 18.1 Å². The minimum Gasteiger partial charge on any atom is -0.397 e. The third kappa shape index (κ3) is 2.33. The summed E-state index contributed by atoms with van der Waals surface area (Å²) in [4.78, 5) is 6.37. The summed E-state index contributed by atoms with van der Waals surface area (Å²) in [6.45, 7) is 0.729. The van der Waals surface area contributed by atoms with Gasteiger partial charge in [-0.3, -0.25) is 0 Å². The number of nitrogen functional groups attached to an aromatic ring is 2.